The van der Waals surface area contributed by atoms with Gasteiger partial charge in [-0.25, -0.2) is 0 Å². The smallest absolute Gasteiger partial charge is 0.123 e. The van der Waals surface area contributed by atoms with Crippen molar-refractivity contribution >= 4 is 0 Å². The average Bonchev–Trinajstić information content (AvgIpc) is 2.25. The quantitative estimate of drug-likeness (QED) is 0.781. The minimum absolute atomic E-state index is 0.204. The van der Waals surface area contributed by atoms with Crippen LogP contribution in [0.5, 0.6) is 5.75 Å². The van der Waals surface area contributed by atoms with Gasteiger partial charge in [-0.15, -0.1) is 0 Å². The highest BCUT2D eigenvalue weighted by Gasteiger charge is 2.17. The van der Waals surface area contributed by atoms with Crippen LogP contribution in [0.3, 0.4) is 0 Å². The summed E-state index contributed by atoms with van der Waals surface area (Å²) in [7, 11) is 5.48. The molecule has 0 bridgehead atoms. The molecule has 0 amide bonds. The zero-order valence-electron chi connectivity index (χ0n) is 10.5. The molecule has 1 rings (SSSR count). The Morgan fingerprint density at radius 2 is 1.88 bits per heavy atom. The van der Waals surface area contributed by atoms with E-state index in [1.165, 1.54) is 0 Å². The Kier molecular flexibility index (Phi) is 3.92. The van der Waals surface area contributed by atoms with Gasteiger partial charge in [0.05, 0.1) is 13.2 Å². The molecule has 16 heavy (non-hydrogen) atoms. The van der Waals surface area contributed by atoms with Gasteiger partial charge in [0.2, 0.25) is 0 Å². The summed E-state index contributed by atoms with van der Waals surface area (Å²) in [6, 6.07) is 5.99. The Bertz CT molecular complexity index is 419. The summed E-state index contributed by atoms with van der Waals surface area (Å²) in [6.45, 7) is 4.04. The van der Waals surface area contributed by atoms with Gasteiger partial charge in [-0.05, 0) is 50.7 Å². The second-order valence-electron chi connectivity index (χ2n) is 4.10. The summed E-state index contributed by atoms with van der Waals surface area (Å²) >= 11 is 0. The number of ether oxygens (including phenoxy) is 1. The van der Waals surface area contributed by atoms with Crippen molar-refractivity contribution in [3.63, 3.8) is 0 Å². The minimum Gasteiger partial charge on any atom is -0.496 e. The van der Waals surface area contributed by atoms with Gasteiger partial charge in [0, 0.05) is 0 Å². The van der Waals surface area contributed by atoms with Crippen molar-refractivity contribution in [3.05, 3.63) is 28.8 Å². The lowest BCUT2D eigenvalue weighted by Crippen LogP contribution is -2.19. The summed E-state index contributed by atoms with van der Waals surface area (Å²) < 4.78 is 5.26. The maximum Gasteiger partial charge on any atom is 0.123 e. The van der Waals surface area contributed by atoms with E-state index in [4.69, 9.17) is 10.00 Å². The minimum atomic E-state index is -0.204. The van der Waals surface area contributed by atoms with Crippen LogP contribution in [-0.2, 0) is 0 Å². The number of nitriles is 1. The van der Waals surface area contributed by atoms with Gasteiger partial charge in [-0.1, -0.05) is 6.07 Å². The molecule has 0 aliphatic rings. The third kappa shape index (κ3) is 2.17. The van der Waals surface area contributed by atoms with Crippen LogP contribution in [-0.4, -0.2) is 26.1 Å². The number of benzene rings is 1. The van der Waals surface area contributed by atoms with Crippen molar-refractivity contribution in [2.24, 2.45) is 0 Å². The van der Waals surface area contributed by atoms with E-state index in [1.807, 2.05) is 45.0 Å². The van der Waals surface area contributed by atoms with Crippen LogP contribution in [0.4, 0.5) is 0 Å². The second kappa shape index (κ2) is 5.00. The van der Waals surface area contributed by atoms with E-state index in [0.29, 0.717) is 0 Å². The Morgan fingerprint density at radius 3 is 2.31 bits per heavy atom. The predicted molar refractivity (Wildman–Crippen MR) is 64.5 cm³/mol. The average molecular weight is 218 g/mol. The number of nitrogens with zero attached hydrogens (tertiary/aromatic N) is 2. The normalized spacial score (nSPS) is 12.3. The Labute approximate surface area is 97.3 Å². The van der Waals surface area contributed by atoms with Crippen LogP contribution in [0.2, 0.25) is 0 Å². The third-order valence-electron chi connectivity index (χ3n) is 2.93. The van der Waals surface area contributed by atoms with E-state index in [-0.39, 0.29) is 6.04 Å². The molecule has 0 heterocycles. The van der Waals surface area contributed by atoms with Crippen molar-refractivity contribution in [3.8, 4) is 11.8 Å². The largest absolute Gasteiger partial charge is 0.496 e. The summed E-state index contributed by atoms with van der Waals surface area (Å²) in [6.07, 6.45) is 0. The number of methoxy groups -OCH3 is 1. The molecule has 0 N–H and O–H groups in total. The molecule has 0 saturated heterocycles. The van der Waals surface area contributed by atoms with Crippen LogP contribution in [0.1, 0.15) is 22.7 Å². The van der Waals surface area contributed by atoms with Crippen LogP contribution in [0, 0.1) is 25.2 Å². The van der Waals surface area contributed by atoms with Gasteiger partial charge in [-0.3, -0.25) is 4.90 Å². The fraction of sp³-hybridized carbons (Fsp3) is 0.462. The lowest BCUT2D eigenvalue weighted by atomic mass is 9.97. The standard InChI is InChI=1S/C13H18N2O/c1-9-10(2)13(16-5)7-6-11(9)12(8-14)15(3)4/h6-7,12H,1-5H3. The molecular formula is C13H18N2O. The van der Waals surface area contributed by atoms with Gasteiger partial charge in [0.15, 0.2) is 0 Å². The molecule has 3 heteroatoms. The highest BCUT2D eigenvalue weighted by atomic mass is 16.5. The number of rotatable bonds is 3. The van der Waals surface area contributed by atoms with Gasteiger partial charge in [0.1, 0.15) is 11.8 Å². The Balaban J connectivity index is 3.27. The van der Waals surface area contributed by atoms with Crippen molar-refractivity contribution in [1.29, 1.82) is 5.26 Å². The van der Waals surface area contributed by atoms with Crippen molar-refractivity contribution in [2.45, 2.75) is 19.9 Å². The first-order valence-electron chi connectivity index (χ1n) is 5.23. The first-order chi connectivity index (χ1) is 7.52. The highest BCUT2D eigenvalue weighted by Crippen LogP contribution is 2.29. The van der Waals surface area contributed by atoms with Crippen molar-refractivity contribution in [1.82, 2.24) is 4.90 Å². The molecule has 0 radical (unpaired) electrons. The molecule has 0 aromatic heterocycles. The molecule has 1 atom stereocenters. The van der Waals surface area contributed by atoms with Crippen molar-refractivity contribution in [2.75, 3.05) is 21.2 Å². The molecular weight excluding hydrogens is 200 g/mol. The SMILES string of the molecule is COc1ccc(C(C#N)N(C)C)c(C)c1C. The van der Waals surface area contributed by atoms with E-state index >= 15 is 0 Å². The van der Waals surface area contributed by atoms with Crippen LogP contribution in [0.25, 0.3) is 0 Å². The van der Waals surface area contributed by atoms with Crippen molar-refractivity contribution < 1.29 is 4.74 Å². The van der Waals surface area contributed by atoms with Crippen LogP contribution in [0.15, 0.2) is 12.1 Å². The molecule has 86 valence electrons. The maximum atomic E-state index is 9.17. The first-order valence-corrected chi connectivity index (χ1v) is 5.23. The van der Waals surface area contributed by atoms with Gasteiger partial charge < -0.3 is 4.74 Å². The Morgan fingerprint density at radius 1 is 1.25 bits per heavy atom. The van der Waals surface area contributed by atoms with Gasteiger partial charge in [-0.2, -0.15) is 5.26 Å². The molecule has 0 fully saturated rings. The zero-order chi connectivity index (χ0) is 12.3. The molecule has 1 unspecified atom stereocenters. The van der Waals surface area contributed by atoms with E-state index in [1.54, 1.807) is 7.11 Å². The lowest BCUT2D eigenvalue weighted by Gasteiger charge is -2.21. The third-order valence-corrected chi connectivity index (χ3v) is 2.93. The zero-order valence-corrected chi connectivity index (χ0v) is 10.5. The van der Waals surface area contributed by atoms with Gasteiger partial charge >= 0.3 is 0 Å². The second-order valence-corrected chi connectivity index (χ2v) is 4.10. The fourth-order valence-corrected chi connectivity index (χ4v) is 1.80. The fourth-order valence-electron chi connectivity index (χ4n) is 1.80. The summed E-state index contributed by atoms with van der Waals surface area (Å²) in [5, 5.41) is 9.17. The summed E-state index contributed by atoms with van der Waals surface area (Å²) in [5.41, 5.74) is 3.27. The molecule has 0 spiro atoms. The van der Waals surface area contributed by atoms with E-state index in [0.717, 1.165) is 22.4 Å². The predicted octanol–water partition coefficient (Wildman–Crippen LogP) is 2.44. The van der Waals surface area contributed by atoms with Crippen LogP contribution >= 0.6 is 0 Å². The lowest BCUT2D eigenvalue weighted by molar-refractivity contribution is 0.356. The topological polar surface area (TPSA) is 36.3 Å². The monoisotopic (exact) mass is 218 g/mol. The van der Waals surface area contributed by atoms with Crippen LogP contribution < -0.4 is 4.74 Å². The molecule has 1 aromatic carbocycles. The van der Waals surface area contributed by atoms with E-state index in [9.17, 15) is 0 Å². The van der Waals surface area contributed by atoms with E-state index < -0.39 is 0 Å². The molecule has 0 aliphatic carbocycles. The van der Waals surface area contributed by atoms with Gasteiger partial charge in [0.25, 0.3) is 0 Å². The highest BCUT2D eigenvalue weighted by molar-refractivity contribution is 5.46. The Hall–Kier alpha value is -1.53. The summed E-state index contributed by atoms with van der Waals surface area (Å²) in [4.78, 5) is 1.91. The number of hydrogen-bond donors (Lipinski definition) is 0. The number of hydrogen-bond acceptors (Lipinski definition) is 3. The first kappa shape index (κ1) is 12.5. The molecule has 3 nitrogen and oxygen atoms in total. The summed E-state index contributed by atoms with van der Waals surface area (Å²) in [5.74, 6) is 0.872. The molecule has 0 aliphatic heterocycles. The molecule has 1 aromatic rings. The van der Waals surface area contributed by atoms with E-state index in [2.05, 4.69) is 6.07 Å². The maximum absolute atomic E-state index is 9.17. The molecule has 0 saturated carbocycles.